The van der Waals surface area contributed by atoms with Crippen molar-refractivity contribution in [2.75, 3.05) is 13.7 Å². The van der Waals surface area contributed by atoms with Crippen molar-refractivity contribution in [2.24, 2.45) is 0 Å². The number of aromatic nitrogens is 7. The molecule has 5 aromatic rings. The molecule has 0 N–H and O–H groups in total. The highest BCUT2D eigenvalue weighted by Gasteiger charge is 2.17. The van der Waals surface area contributed by atoms with Crippen LogP contribution in [0.15, 0.2) is 49.3 Å². The molecule has 0 radical (unpaired) electrons. The molecule has 5 heterocycles. The van der Waals surface area contributed by atoms with Crippen LogP contribution in [0.2, 0.25) is 0 Å². The molecule has 0 fully saturated rings. The molecule has 31 heavy (non-hydrogen) atoms. The van der Waals surface area contributed by atoms with E-state index in [-0.39, 0.29) is 0 Å². The lowest BCUT2D eigenvalue weighted by atomic mass is 10.2. The van der Waals surface area contributed by atoms with E-state index in [4.69, 9.17) is 9.47 Å². The average molecular weight is 419 g/mol. The fourth-order valence-corrected chi connectivity index (χ4v) is 3.53. The van der Waals surface area contributed by atoms with Crippen LogP contribution in [0.1, 0.15) is 12.5 Å². The Morgan fingerprint density at radius 1 is 1.10 bits per heavy atom. The zero-order valence-electron chi connectivity index (χ0n) is 16.9. The fourth-order valence-electron chi connectivity index (χ4n) is 3.53. The van der Waals surface area contributed by atoms with Crippen LogP contribution in [0, 0.1) is 5.82 Å². The summed E-state index contributed by atoms with van der Waals surface area (Å²) in [6, 6.07) is 5.67. The topological polar surface area (TPSA) is 92.8 Å². The molecule has 0 amide bonds. The molecule has 5 rings (SSSR count). The minimum atomic E-state index is -0.399. The third kappa shape index (κ3) is 3.31. The Bertz CT molecular complexity index is 1400. The van der Waals surface area contributed by atoms with Gasteiger partial charge < -0.3 is 14.0 Å². The van der Waals surface area contributed by atoms with Gasteiger partial charge in [0, 0.05) is 12.4 Å². The molecule has 0 aliphatic heterocycles. The van der Waals surface area contributed by atoms with Gasteiger partial charge in [0.1, 0.15) is 17.7 Å². The number of hydrogen-bond donors (Lipinski definition) is 0. The maximum Gasteiger partial charge on any atom is 0.299 e. The Morgan fingerprint density at radius 2 is 2.00 bits per heavy atom. The Balaban J connectivity index is 1.67. The molecule has 0 unspecified atom stereocenters. The molecule has 0 spiro atoms. The zero-order valence-corrected chi connectivity index (χ0v) is 16.9. The van der Waals surface area contributed by atoms with Crippen molar-refractivity contribution in [1.82, 2.24) is 34.1 Å². The quantitative estimate of drug-likeness (QED) is 0.417. The van der Waals surface area contributed by atoms with Crippen LogP contribution in [0.3, 0.4) is 0 Å². The summed E-state index contributed by atoms with van der Waals surface area (Å²) in [4.78, 5) is 21.4. The van der Waals surface area contributed by atoms with E-state index in [1.807, 2.05) is 34.4 Å². The number of rotatable bonds is 6. The van der Waals surface area contributed by atoms with E-state index < -0.39 is 5.82 Å². The van der Waals surface area contributed by atoms with Crippen LogP contribution >= 0.6 is 0 Å². The Labute approximate surface area is 176 Å². The molecule has 0 aliphatic rings. The second kappa shape index (κ2) is 7.63. The number of imidazole rings is 1. The van der Waals surface area contributed by atoms with Gasteiger partial charge in [0.2, 0.25) is 5.88 Å². The third-order valence-electron chi connectivity index (χ3n) is 4.84. The first-order chi connectivity index (χ1) is 15.2. The number of hydrogen-bond acceptors (Lipinski definition) is 7. The largest absolute Gasteiger partial charge is 0.479 e. The van der Waals surface area contributed by atoms with Gasteiger partial charge in [-0.25, -0.2) is 14.4 Å². The normalized spacial score (nSPS) is 11.3. The van der Waals surface area contributed by atoms with E-state index in [0.29, 0.717) is 36.3 Å². The molecule has 156 valence electrons. The smallest absolute Gasteiger partial charge is 0.299 e. The maximum atomic E-state index is 13.7. The van der Waals surface area contributed by atoms with E-state index >= 15 is 0 Å². The second-order valence-electron chi connectivity index (χ2n) is 6.76. The number of nitrogens with zero attached hydrogens (tertiary/aromatic N) is 7. The van der Waals surface area contributed by atoms with Crippen LogP contribution in [-0.4, -0.2) is 47.8 Å². The Morgan fingerprint density at radius 3 is 2.81 bits per heavy atom. The molecule has 0 atom stereocenters. The SMILES string of the molecule is CCOc1nc2ncc(-n3ccc4ncnc(OC)c43)cc2n1Cc1cncc(F)c1. The summed E-state index contributed by atoms with van der Waals surface area (Å²) in [7, 11) is 1.57. The van der Waals surface area contributed by atoms with Crippen molar-refractivity contribution in [3.8, 4) is 17.6 Å². The minimum absolute atomic E-state index is 0.334. The fraction of sp³-hybridized carbons (Fsp3) is 0.190. The summed E-state index contributed by atoms with van der Waals surface area (Å²) in [6.45, 7) is 2.65. The summed E-state index contributed by atoms with van der Waals surface area (Å²) in [5, 5.41) is 0. The molecular formula is C21H18FN7O2. The minimum Gasteiger partial charge on any atom is -0.479 e. The van der Waals surface area contributed by atoms with Gasteiger partial charge in [0.05, 0.1) is 49.4 Å². The predicted molar refractivity (Wildman–Crippen MR) is 111 cm³/mol. The maximum absolute atomic E-state index is 13.7. The van der Waals surface area contributed by atoms with Crippen LogP contribution in [0.4, 0.5) is 4.39 Å². The highest BCUT2D eigenvalue weighted by atomic mass is 19.1. The highest BCUT2D eigenvalue weighted by molar-refractivity contribution is 5.83. The monoisotopic (exact) mass is 419 g/mol. The van der Waals surface area contributed by atoms with Gasteiger partial charge in [-0.15, -0.1) is 0 Å². The van der Waals surface area contributed by atoms with E-state index in [9.17, 15) is 4.39 Å². The van der Waals surface area contributed by atoms with E-state index in [1.165, 1.54) is 18.6 Å². The van der Waals surface area contributed by atoms with Crippen molar-refractivity contribution >= 4 is 22.2 Å². The number of methoxy groups -OCH3 is 1. The lowest BCUT2D eigenvalue weighted by Gasteiger charge is -2.10. The molecule has 0 saturated carbocycles. The highest BCUT2D eigenvalue weighted by Crippen LogP contribution is 2.28. The first kappa shape index (κ1) is 18.9. The van der Waals surface area contributed by atoms with Gasteiger partial charge in [-0.05, 0) is 30.7 Å². The van der Waals surface area contributed by atoms with Crippen molar-refractivity contribution in [3.05, 3.63) is 60.7 Å². The van der Waals surface area contributed by atoms with Gasteiger partial charge in [-0.2, -0.15) is 9.97 Å². The lowest BCUT2D eigenvalue weighted by Crippen LogP contribution is -2.06. The van der Waals surface area contributed by atoms with Gasteiger partial charge in [0.15, 0.2) is 5.65 Å². The molecule has 0 bridgehead atoms. The molecule has 9 nitrogen and oxygen atoms in total. The van der Waals surface area contributed by atoms with E-state index in [2.05, 4.69) is 24.9 Å². The number of ether oxygens (including phenoxy) is 2. The first-order valence-corrected chi connectivity index (χ1v) is 9.63. The molecule has 0 aliphatic carbocycles. The predicted octanol–water partition coefficient (Wildman–Crippen LogP) is 3.15. The lowest BCUT2D eigenvalue weighted by molar-refractivity contribution is 0.301. The average Bonchev–Trinajstić information content (AvgIpc) is 3.35. The van der Waals surface area contributed by atoms with Crippen LogP contribution in [0.25, 0.3) is 27.9 Å². The van der Waals surface area contributed by atoms with Crippen LogP contribution in [0.5, 0.6) is 11.9 Å². The van der Waals surface area contributed by atoms with Crippen LogP contribution in [-0.2, 0) is 6.54 Å². The van der Waals surface area contributed by atoms with Crippen molar-refractivity contribution < 1.29 is 13.9 Å². The molecule has 0 saturated heterocycles. The summed E-state index contributed by atoms with van der Waals surface area (Å²) in [6.07, 6.45) is 7.84. The number of pyridine rings is 2. The number of fused-ring (bicyclic) bond motifs is 2. The number of halogens is 1. The summed E-state index contributed by atoms with van der Waals surface area (Å²) < 4.78 is 28.6. The Hall–Kier alpha value is -4.08. The molecule has 10 heteroatoms. The van der Waals surface area contributed by atoms with Gasteiger partial charge in [-0.3, -0.25) is 9.55 Å². The molecule has 5 aromatic heterocycles. The van der Waals surface area contributed by atoms with Crippen LogP contribution < -0.4 is 9.47 Å². The second-order valence-corrected chi connectivity index (χ2v) is 6.76. The summed E-state index contributed by atoms with van der Waals surface area (Å²) >= 11 is 0. The summed E-state index contributed by atoms with van der Waals surface area (Å²) in [5.41, 5.74) is 4.21. The van der Waals surface area contributed by atoms with Gasteiger partial charge >= 0.3 is 0 Å². The van der Waals surface area contributed by atoms with Crippen molar-refractivity contribution in [3.63, 3.8) is 0 Å². The van der Waals surface area contributed by atoms with E-state index in [0.717, 1.165) is 22.2 Å². The van der Waals surface area contributed by atoms with Crippen molar-refractivity contribution in [1.29, 1.82) is 0 Å². The van der Waals surface area contributed by atoms with Crippen molar-refractivity contribution in [2.45, 2.75) is 13.5 Å². The van der Waals surface area contributed by atoms with E-state index in [1.54, 1.807) is 19.5 Å². The van der Waals surface area contributed by atoms with Gasteiger partial charge in [0.25, 0.3) is 6.01 Å². The molecular weight excluding hydrogens is 401 g/mol. The zero-order chi connectivity index (χ0) is 21.4. The standard InChI is InChI=1S/C21H18FN7O2/c1-3-31-21-27-19-17(29(21)11-13-6-14(22)9-23-8-13)7-15(10-24-19)28-5-4-16-18(28)20(30-2)26-12-25-16/h4-10,12H,3,11H2,1-2H3. The first-order valence-electron chi connectivity index (χ1n) is 9.63. The molecule has 0 aromatic carbocycles. The third-order valence-corrected chi connectivity index (χ3v) is 4.84. The van der Waals surface area contributed by atoms with Gasteiger partial charge in [-0.1, -0.05) is 0 Å². The summed E-state index contributed by atoms with van der Waals surface area (Å²) in [5.74, 6) is 0.0639. The Kier molecular flexibility index (Phi) is 4.66.